The maximum Gasteiger partial charge on any atom is 0.222 e. The van der Waals surface area contributed by atoms with Crippen molar-refractivity contribution in [1.29, 1.82) is 0 Å². The average molecular weight is 297 g/mol. The molecule has 1 atom stereocenters. The van der Waals surface area contributed by atoms with Crippen molar-refractivity contribution in [3.05, 3.63) is 18.7 Å². The van der Waals surface area contributed by atoms with Crippen LogP contribution < -0.4 is 0 Å². The molecule has 1 amide bonds. The number of thioether (sulfide) groups is 1. The standard InChI is InChI=1S/C14H23N3O2S/c18-13(17-9-10-20-14(19)11-17)5-3-1-2-4-7-16-8-6-15-12-16/h6,8,12,14,19H,1-5,7,9-11H2. The Kier molecular flexibility index (Phi) is 6.39. The van der Waals surface area contributed by atoms with Crippen molar-refractivity contribution in [2.75, 3.05) is 18.8 Å². The van der Waals surface area contributed by atoms with E-state index < -0.39 is 5.44 Å². The molecule has 1 N–H and O–H groups in total. The zero-order valence-corrected chi connectivity index (χ0v) is 12.6. The van der Waals surface area contributed by atoms with Crippen LogP contribution in [-0.4, -0.2) is 49.7 Å². The van der Waals surface area contributed by atoms with E-state index in [1.807, 2.05) is 12.5 Å². The van der Waals surface area contributed by atoms with E-state index in [-0.39, 0.29) is 5.91 Å². The molecule has 5 nitrogen and oxygen atoms in total. The Morgan fingerprint density at radius 2 is 2.20 bits per heavy atom. The molecule has 0 saturated carbocycles. The average Bonchev–Trinajstić information content (AvgIpc) is 2.95. The second kappa shape index (κ2) is 8.32. The molecule has 0 bridgehead atoms. The number of carbonyl (C=O) groups excluding carboxylic acids is 1. The second-order valence-electron chi connectivity index (χ2n) is 5.13. The summed E-state index contributed by atoms with van der Waals surface area (Å²) in [4.78, 5) is 17.8. The molecule has 6 heteroatoms. The molecule has 1 saturated heterocycles. The van der Waals surface area contributed by atoms with Gasteiger partial charge in [0.25, 0.3) is 0 Å². The number of β-amino-alcohol motifs (C(OH)–C–C–N with tert-alkyl or cyclic N) is 1. The Morgan fingerprint density at radius 1 is 1.35 bits per heavy atom. The van der Waals surface area contributed by atoms with Crippen LogP contribution in [0.25, 0.3) is 0 Å². The first-order valence-corrected chi connectivity index (χ1v) is 8.34. The van der Waals surface area contributed by atoms with Gasteiger partial charge < -0.3 is 14.6 Å². The van der Waals surface area contributed by atoms with Crippen molar-refractivity contribution >= 4 is 17.7 Å². The summed E-state index contributed by atoms with van der Waals surface area (Å²) in [6, 6.07) is 0. The highest BCUT2D eigenvalue weighted by atomic mass is 32.2. The number of rotatable bonds is 7. The molecule has 1 aliphatic rings. The minimum Gasteiger partial charge on any atom is -0.381 e. The molecule has 2 heterocycles. The number of amides is 1. The molecular formula is C14H23N3O2S. The van der Waals surface area contributed by atoms with Gasteiger partial charge in [-0.15, -0.1) is 11.8 Å². The van der Waals surface area contributed by atoms with Gasteiger partial charge in [0, 0.05) is 37.7 Å². The van der Waals surface area contributed by atoms with Gasteiger partial charge >= 0.3 is 0 Å². The number of unbranched alkanes of at least 4 members (excludes halogenated alkanes) is 3. The number of aliphatic hydroxyl groups excluding tert-OH is 1. The third-order valence-corrected chi connectivity index (χ3v) is 4.47. The normalized spacial score (nSPS) is 19.2. The van der Waals surface area contributed by atoms with Gasteiger partial charge in [-0.25, -0.2) is 4.98 Å². The summed E-state index contributed by atoms with van der Waals surface area (Å²) in [5.41, 5.74) is -0.400. The molecule has 112 valence electrons. The monoisotopic (exact) mass is 297 g/mol. The fourth-order valence-corrected chi connectivity index (χ4v) is 3.24. The van der Waals surface area contributed by atoms with Gasteiger partial charge in [0.2, 0.25) is 5.91 Å². The second-order valence-corrected chi connectivity index (χ2v) is 6.42. The van der Waals surface area contributed by atoms with Crippen molar-refractivity contribution < 1.29 is 9.90 Å². The maximum atomic E-state index is 12.0. The molecule has 0 aromatic carbocycles. The maximum absolute atomic E-state index is 12.0. The summed E-state index contributed by atoms with van der Waals surface area (Å²) in [5, 5.41) is 9.52. The first kappa shape index (κ1) is 15.4. The van der Waals surface area contributed by atoms with Gasteiger partial charge in [-0.1, -0.05) is 12.8 Å². The number of aromatic nitrogens is 2. The SMILES string of the molecule is O=C(CCCCCCn1ccnc1)N1CCSC(O)C1. The molecule has 1 aliphatic heterocycles. The van der Waals surface area contributed by atoms with E-state index in [0.717, 1.165) is 44.5 Å². The predicted molar refractivity (Wildman–Crippen MR) is 80.4 cm³/mol. The molecule has 0 aliphatic carbocycles. The van der Waals surface area contributed by atoms with Crippen LogP contribution in [0.4, 0.5) is 0 Å². The van der Waals surface area contributed by atoms with Gasteiger partial charge in [-0.05, 0) is 12.8 Å². The molecular weight excluding hydrogens is 274 g/mol. The summed E-state index contributed by atoms with van der Waals surface area (Å²) in [5.74, 6) is 1.04. The number of carbonyl (C=O) groups is 1. The molecule has 20 heavy (non-hydrogen) atoms. The van der Waals surface area contributed by atoms with Crippen molar-refractivity contribution in [1.82, 2.24) is 14.5 Å². The number of imidazole rings is 1. The van der Waals surface area contributed by atoms with E-state index in [1.165, 1.54) is 11.8 Å². The number of hydrogen-bond acceptors (Lipinski definition) is 4. The number of aliphatic hydroxyl groups is 1. The molecule has 2 rings (SSSR count). The van der Waals surface area contributed by atoms with Crippen LogP contribution in [0.5, 0.6) is 0 Å². The zero-order chi connectivity index (χ0) is 14.2. The molecule has 1 aromatic rings. The summed E-state index contributed by atoms with van der Waals surface area (Å²) < 4.78 is 2.08. The summed E-state index contributed by atoms with van der Waals surface area (Å²) in [6.45, 7) is 2.27. The van der Waals surface area contributed by atoms with Crippen molar-refractivity contribution in [2.24, 2.45) is 0 Å². The zero-order valence-electron chi connectivity index (χ0n) is 11.8. The summed E-state index contributed by atoms with van der Waals surface area (Å²) in [7, 11) is 0. The van der Waals surface area contributed by atoms with Gasteiger partial charge in [0.15, 0.2) is 0 Å². The quantitative estimate of drug-likeness (QED) is 0.779. The Balaban J connectivity index is 1.51. The van der Waals surface area contributed by atoms with Gasteiger partial charge in [0.05, 0.1) is 12.9 Å². The van der Waals surface area contributed by atoms with E-state index in [1.54, 1.807) is 11.1 Å². The van der Waals surface area contributed by atoms with E-state index in [0.29, 0.717) is 13.0 Å². The highest BCUT2D eigenvalue weighted by Gasteiger charge is 2.21. The van der Waals surface area contributed by atoms with Crippen LogP contribution in [0.3, 0.4) is 0 Å². The lowest BCUT2D eigenvalue weighted by Crippen LogP contribution is -2.41. The predicted octanol–water partition coefficient (Wildman–Crippen LogP) is 1.73. The Labute approximate surface area is 124 Å². The van der Waals surface area contributed by atoms with Crippen molar-refractivity contribution in [2.45, 2.75) is 44.1 Å². The summed E-state index contributed by atoms with van der Waals surface area (Å²) in [6.07, 6.45) is 10.5. The first-order valence-electron chi connectivity index (χ1n) is 7.29. The molecule has 0 spiro atoms. The Bertz CT molecular complexity index is 397. The first-order chi connectivity index (χ1) is 9.75. The van der Waals surface area contributed by atoms with Crippen LogP contribution >= 0.6 is 11.8 Å². The molecule has 1 aromatic heterocycles. The molecule has 0 radical (unpaired) electrons. The molecule has 1 fully saturated rings. The fraction of sp³-hybridized carbons (Fsp3) is 0.714. The lowest BCUT2D eigenvalue weighted by Gasteiger charge is -2.29. The van der Waals surface area contributed by atoms with Gasteiger partial charge in [-0.2, -0.15) is 0 Å². The van der Waals surface area contributed by atoms with E-state index in [9.17, 15) is 9.90 Å². The van der Waals surface area contributed by atoms with E-state index >= 15 is 0 Å². The van der Waals surface area contributed by atoms with Crippen LogP contribution in [0.1, 0.15) is 32.1 Å². The van der Waals surface area contributed by atoms with Crippen LogP contribution in [0.15, 0.2) is 18.7 Å². The van der Waals surface area contributed by atoms with Crippen molar-refractivity contribution in [3.63, 3.8) is 0 Å². The number of nitrogens with zero attached hydrogens (tertiary/aromatic N) is 3. The highest BCUT2D eigenvalue weighted by molar-refractivity contribution is 7.99. The Morgan fingerprint density at radius 3 is 2.95 bits per heavy atom. The third-order valence-electron chi connectivity index (χ3n) is 3.52. The lowest BCUT2D eigenvalue weighted by molar-refractivity contribution is -0.132. The molecule has 1 unspecified atom stereocenters. The van der Waals surface area contributed by atoms with Crippen LogP contribution in [0.2, 0.25) is 0 Å². The van der Waals surface area contributed by atoms with Crippen molar-refractivity contribution in [3.8, 4) is 0 Å². The van der Waals surface area contributed by atoms with E-state index in [2.05, 4.69) is 9.55 Å². The van der Waals surface area contributed by atoms with E-state index in [4.69, 9.17) is 0 Å². The smallest absolute Gasteiger partial charge is 0.222 e. The highest BCUT2D eigenvalue weighted by Crippen LogP contribution is 2.17. The lowest BCUT2D eigenvalue weighted by atomic mass is 10.1. The van der Waals surface area contributed by atoms with Gasteiger partial charge in [-0.3, -0.25) is 4.79 Å². The number of aryl methyl sites for hydroxylation is 1. The third kappa shape index (κ3) is 5.17. The minimum atomic E-state index is -0.400. The van der Waals surface area contributed by atoms with Crippen LogP contribution in [0, 0.1) is 0 Å². The van der Waals surface area contributed by atoms with Crippen LogP contribution in [-0.2, 0) is 11.3 Å². The largest absolute Gasteiger partial charge is 0.381 e. The van der Waals surface area contributed by atoms with Gasteiger partial charge in [0.1, 0.15) is 5.44 Å². The Hall–Kier alpha value is -1.01. The fourth-order valence-electron chi connectivity index (χ4n) is 2.36. The minimum absolute atomic E-state index is 0.193. The topological polar surface area (TPSA) is 58.4 Å². The summed E-state index contributed by atoms with van der Waals surface area (Å²) >= 11 is 1.53. The number of hydrogen-bond donors (Lipinski definition) is 1.